The van der Waals surface area contributed by atoms with Gasteiger partial charge < -0.3 is 10.6 Å². The second kappa shape index (κ2) is 6.22. The van der Waals surface area contributed by atoms with Crippen LogP contribution in [0.15, 0.2) is 36.8 Å². The highest BCUT2D eigenvalue weighted by Gasteiger charge is 2.23. The van der Waals surface area contributed by atoms with E-state index in [2.05, 4.69) is 4.98 Å². The summed E-state index contributed by atoms with van der Waals surface area (Å²) in [5.41, 5.74) is 8.18. The standard InChI is InChI=1S/C17H22N4O/c1-20(15-8-3-2-4-9-15)17(22)21-11-16(19-12-21)13-6-5-7-14(18)10-13/h5-7,10-12,15H,2-4,8-9,18H2,1H3. The van der Waals surface area contributed by atoms with Crippen LogP contribution in [-0.4, -0.2) is 33.6 Å². The molecule has 1 aliphatic rings. The summed E-state index contributed by atoms with van der Waals surface area (Å²) < 4.78 is 1.56. The van der Waals surface area contributed by atoms with Crippen LogP contribution in [0.2, 0.25) is 0 Å². The third-order valence-electron chi connectivity index (χ3n) is 4.41. The Morgan fingerprint density at radius 1 is 1.32 bits per heavy atom. The van der Waals surface area contributed by atoms with E-state index in [0.29, 0.717) is 11.7 Å². The molecule has 1 fully saturated rings. The van der Waals surface area contributed by atoms with Gasteiger partial charge in [0.05, 0.1) is 5.69 Å². The van der Waals surface area contributed by atoms with Gasteiger partial charge in [-0.1, -0.05) is 31.4 Å². The minimum absolute atomic E-state index is 0.0189. The number of nitrogens with zero attached hydrogens (tertiary/aromatic N) is 3. The predicted octanol–water partition coefficient (Wildman–Crippen LogP) is 3.36. The van der Waals surface area contributed by atoms with Crippen molar-refractivity contribution in [3.8, 4) is 11.3 Å². The normalized spacial score (nSPS) is 15.7. The molecule has 2 aromatic rings. The molecule has 1 saturated carbocycles. The summed E-state index contributed by atoms with van der Waals surface area (Å²) in [6.07, 6.45) is 9.25. The molecular weight excluding hydrogens is 276 g/mol. The van der Waals surface area contributed by atoms with E-state index in [1.807, 2.05) is 36.2 Å². The van der Waals surface area contributed by atoms with Crippen LogP contribution in [0.25, 0.3) is 11.3 Å². The van der Waals surface area contributed by atoms with Crippen LogP contribution in [0.4, 0.5) is 10.5 Å². The van der Waals surface area contributed by atoms with Gasteiger partial charge in [0.1, 0.15) is 6.33 Å². The Morgan fingerprint density at radius 2 is 2.09 bits per heavy atom. The van der Waals surface area contributed by atoms with Crippen molar-refractivity contribution < 1.29 is 4.79 Å². The van der Waals surface area contributed by atoms with E-state index in [-0.39, 0.29) is 6.03 Å². The largest absolute Gasteiger partial charge is 0.399 e. The highest BCUT2D eigenvalue weighted by atomic mass is 16.2. The van der Waals surface area contributed by atoms with Crippen molar-refractivity contribution >= 4 is 11.7 Å². The van der Waals surface area contributed by atoms with Gasteiger partial charge in [-0.3, -0.25) is 4.57 Å². The summed E-state index contributed by atoms with van der Waals surface area (Å²) in [7, 11) is 1.89. The van der Waals surface area contributed by atoms with E-state index in [1.54, 1.807) is 17.1 Å². The molecular formula is C17H22N4O. The van der Waals surface area contributed by atoms with Crippen molar-refractivity contribution in [1.82, 2.24) is 14.5 Å². The summed E-state index contributed by atoms with van der Waals surface area (Å²) in [6.45, 7) is 0. The minimum Gasteiger partial charge on any atom is -0.399 e. The zero-order valence-electron chi connectivity index (χ0n) is 12.9. The van der Waals surface area contributed by atoms with Gasteiger partial charge in [0, 0.05) is 30.5 Å². The number of benzene rings is 1. The summed E-state index contributed by atoms with van der Waals surface area (Å²) in [5.74, 6) is 0. The smallest absolute Gasteiger partial charge is 0.329 e. The lowest BCUT2D eigenvalue weighted by Gasteiger charge is -2.31. The molecule has 1 aromatic heterocycles. The van der Waals surface area contributed by atoms with Crippen molar-refractivity contribution in [3.63, 3.8) is 0 Å². The first-order valence-corrected chi connectivity index (χ1v) is 7.82. The monoisotopic (exact) mass is 298 g/mol. The van der Waals surface area contributed by atoms with Gasteiger partial charge in [0.15, 0.2) is 0 Å². The van der Waals surface area contributed by atoms with Gasteiger partial charge in [-0.15, -0.1) is 0 Å². The number of anilines is 1. The number of rotatable bonds is 2. The van der Waals surface area contributed by atoms with Crippen LogP contribution in [-0.2, 0) is 0 Å². The molecule has 3 rings (SSSR count). The zero-order valence-corrected chi connectivity index (χ0v) is 12.9. The molecule has 0 radical (unpaired) electrons. The molecule has 1 heterocycles. The van der Waals surface area contributed by atoms with E-state index in [0.717, 1.165) is 24.1 Å². The third kappa shape index (κ3) is 2.98. The number of nitrogen functional groups attached to an aromatic ring is 1. The fraction of sp³-hybridized carbons (Fsp3) is 0.412. The van der Waals surface area contributed by atoms with Crippen molar-refractivity contribution in [2.24, 2.45) is 0 Å². The minimum atomic E-state index is -0.0189. The van der Waals surface area contributed by atoms with Crippen LogP contribution in [0.5, 0.6) is 0 Å². The van der Waals surface area contributed by atoms with Crippen molar-refractivity contribution in [1.29, 1.82) is 0 Å². The number of amides is 1. The summed E-state index contributed by atoms with van der Waals surface area (Å²) in [4.78, 5) is 18.8. The highest BCUT2D eigenvalue weighted by molar-refractivity contribution is 5.78. The average Bonchev–Trinajstić information content (AvgIpc) is 3.04. The fourth-order valence-electron chi connectivity index (χ4n) is 3.08. The molecule has 1 aliphatic carbocycles. The van der Waals surface area contributed by atoms with Crippen LogP contribution in [0.3, 0.4) is 0 Å². The maximum absolute atomic E-state index is 12.6. The van der Waals surface area contributed by atoms with Gasteiger partial charge in [-0.05, 0) is 25.0 Å². The summed E-state index contributed by atoms with van der Waals surface area (Å²) in [5, 5.41) is 0. The number of hydrogen-bond donors (Lipinski definition) is 1. The Bertz CT molecular complexity index is 658. The number of carbonyl (C=O) groups is 1. The highest BCUT2D eigenvalue weighted by Crippen LogP contribution is 2.23. The van der Waals surface area contributed by atoms with Gasteiger partial charge in [-0.2, -0.15) is 0 Å². The Balaban J connectivity index is 1.76. The Hall–Kier alpha value is -2.30. The van der Waals surface area contributed by atoms with Gasteiger partial charge in [-0.25, -0.2) is 9.78 Å². The predicted molar refractivity (Wildman–Crippen MR) is 87.5 cm³/mol. The van der Waals surface area contributed by atoms with E-state index in [1.165, 1.54) is 19.3 Å². The molecule has 5 heteroatoms. The van der Waals surface area contributed by atoms with Gasteiger partial charge >= 0.3 is 6.03 Å². The maximum Gasteiger partial charge on any atom is 0.329 e. The second-order valence-corrected chi connectivity index (χ2v) is 5.98. The molecule has 0 bridgehead atoms. The first-order valence-electron chi connectivity index (χ1n) is 7.82. The molecule has 0 aliphatic heterocycles. The lowest BCUT2D eigenvalue weighted by molar-refractivity contribution is 0.175. The molecule has 5 nitrogen and oxygen atoms in total. The molecule has 0 atom stereocenters. The van der Waals surface area contributed by atoms with Crippen LogP contribution >= 0.6 is 0 Å². The second-order valence-electron chi connectivity index (χ2n) is 5.98. The first-order chi connectivity index (χ1) is 10.6. The van der Waals surface area contributed by atoms with Gasteiger partial charge in [0.25, 0.3) is 0 Å². The Morgan fingerprint density at radius 3 is 2.82 bits per heavy atom. The Kier molecular flexibility index (Phi) is 4.13. The third-order valence-corrected chi connectivity index (χ3v) is 4.41. The molecule has 116 valence electrons. The van der Waals surface area contributed by atoms with Crippen LogP contribution in [0, 0.1) is 0 Å². The maximum atomic E-state index is 12.6. The lowest BCUT2D eigenvalue weighted by Crippen LogP contribution is -2.40. The van der Waals surface area contributed by atoms with E-state index < -0.39 is 0 Å². The van der Waals surface area contributed by atoms with E-state index >= 15 is 0 Å². The number of carbonyl (C=O) groups excluding carboxylic acids is 1. The van der Waals surface area contributed by atoms with Crippen molar-refractivity contribution in [3.05, 3.63) is 36.8 Å². The number of aromatic nitrogens is 2. The SMILES string of the molecule is CN(C(=O)n1cnc(-c2cccc(N)c2)c1)C1CCCCC1. The number of hydrogen-bond acceptors (Lipinski definition) is 3. The lowest BCUT2D eigenvalue weighted by atomic mass is 9.95. The molecule has 1 amide bonds. The van der Waals surface area contributed by atoms with E-state index in [4.69, 9.17) is 5.73 Å². The first kappa shape index (κ1) is 14.6. The van der Waals surface area contributed by atoms with Crippen molar-refractivity contribution in [2.45, 2.75) is 38.1 Å². The molecule has 0 unspecified atom stereocenters. The zero-order chi connectivity index (χ0) is 15.5. The number of imidazole rings is 1. The van der Waals surface area contributed by atoms with Gasteiger partial charge in [0.2, 0.25) is 0 Å². The molecule has 0 spiro atoms. The quantitative estimate of drug-likeness (QED) is 0.865. The molecule has 2 N–H and O–H groups in total. The molecule has 22 heavy (non-hydrogen) atoms. The van der Waals surface area contributed by atoms with Crippen LogP contribution in [0.1, 0.15) is 32.1 Å². The Labute approximate surface area is 130 Å². The van der Waals surface area contributed by atoms with Crippen LogP contribution < -0.4 is 5.73 Å². The van der Waals surface area contributed by atoms with Crippen molar-refractivity contribution in [2.75, 3.05) is 12.8 Å². The average molecular weight is 298 g/mol. The molecule has 1 aromatic carbocycles. The summed E-state index contributed by atoms with van der Waals surface area (Å²) in [6, 6.07) is 7.86. The molecule has 0 saturated heterocycles. The number of nitrogens with two attached hydrogens (primary N) is 1. The van der Waals surface area contributed by atoms with E-state index in [9.17, 15) is 4.79 Å². The topological polar surface area (TPSA) is 64.2 Å². The summed E-state index contributed by atoms with van der Waals surface area (Å²) >= 11 is 0. The fourth-order valence-corrected chi connectivity index (χ4v) is 3.08.